The van der Waals surface area contributed by atoms with E-state index in [9.17, 15) is 14.4 Å². The third-order valence-electron chi connectivity index (χ3n) is 3.84. The SMILES string of the molecule is O=C(NNC(=O)c1ccc(O)cc1)C(=O)Nc1ccc(C2CC2)cc1. The molecule has 0 bridgehead atoms. The molecule has 0 aromatic heterocycles. The molecule has 2 aromatic rings. The highest BCUT2D eigenvalue weighted by Gasteiger charge is 2.23. The molecule has 4 N–H and O–H groups in total. The molecule has 0 radical (unpaired) electrons. The van der Waals surface area contributed by atoms with Crippen molar-refractivity contribution < 1.29 is 19.5 Å². The highest BCUT2D eigenvalue weighted by atomic mass is 16.3. The third kappa shape index (κ3) is 4.35. The van der Waals surface area contributed by atoms with Gasteiger partial charge < -0.3 is 10.4 Å². The molecule has 0 unspecified atom stereocenters. The number of hydrazine groups is 1. The quantitative estimate of drug-likeness (QED) is 0.504. The molecule has 0 aliphatic heterocycles. The van der Waals surface area contributed by atoms with Crippen molar-refractivity contribution in [2.75, 3.05) is 5.32 Å². The Kier molecular flexibility index (Phi) is 4.65. The van der Waals surface area contributed by atoms with Crippen molar-refractivity contribution in [3.63, 3.8) is 0 Å². The van der Waals surface area contributed by atoms with Gasteiger partial charge in [0.2, 0.25) is 0 Å². The smallest absolute Gasteiger partial charge is 0.328 e. The summed E-state index contributed by atoms with van der Waals surface area (Å²) in [7, 11) is 0. The van der Waals surface area contributed by atoms with Crippen LogP contribution in [-0.2, 0) is 9.59 Å². The van der Waals surface area contributed by atoms with Gasteiger partial charge in [0, 0.05) is 11.3 Å². The number of benzene rings is 2. The Morgan fingerprint density at radius 1 is 0.840 bits per heavy atom. The van der Waals surface area contributed by atoms with E-state index < -0.39 is 17.7 Å². The number of phenolic OH excluding ortho intramolecular Hbond substituents is 1. The predicted molar refractivity (Wildman–Crippen MR) is 90.8 cm³/mol. The minimum Gasteiger partial charge on any atom is -0.508 e. The summed E-state index contributed by atoms with van der Waals surface area (Å²) in [5.74, 6) is -1.84. The molecule has 1 aliphatic carbocycles. The number of aromatic hydroxyl groups is 1. The Morgan fingerprint density at radius 2 is 1.48 bits per heavy atom. The zero-order valence-corrected chi connectivity index (χ0v) is 13.3. The summed E-state index contributed by atoms with van der Waals surface area (Å²) in [4.78, 5) is 35.4. The molecule has 128 valence electrons. The molecular weight excluding hydrogens is 322 g/mol. The molecule has 3 amide bonds. The number of hydrogen-bond donors (Lipinski definition) is 4. The lowest BCUT2D eigenvalue weighted by Crippen LogP contribution is -2.46. The van der Waals surface area contributed by atoms with E-state index in [4.69, 9.17) is 5.11 Å². The molecule has 0 atom stereocenters. The number of hydrogen-bond acceptors (Lipinski definition) is 4. The molecule has 7 nitrogen and oxygen atoms in total. The van der Waals surface area contributed by atoms with Crippen LogP contribution in [0.5, 0.6) is 5.75 Å². The van der Waals surface area contributed by atoms with Crippen LogP contribution in [-0.4, -0.2) is 22.8 Å². The lowest BCUT2D eigenvalue weighted by atomic mass is 10.1. The average Bonchev–Trinajstić information content (AvgIpc) is 3.45. The molecular formula is C18H17N3O4. The van der Waals surface area contributed by atoms with E-state index in [2.05, 4.69) is 10.7 Å². The van der Waals surface area contributed by atoms with Gasteiger partial charge in [0.25, 0.3) is 5.91 Å². The van der Waals surface area contributed by atoms with Crippen LogP contribution in [0.15, 0.2) is 48.5 Å². The topological polar surface area (TPSA) is 108 Å². The van der Waals surface area contributed by atoms with E-state index in [1.165, 1.54) is 42.7 Å². The van der Waals surface area contributed by atoms with E-state index in [-0.39, 0.29) is 11.3 Å². The number of rotatable bonds is 3. The Morgan fingerprint density at radius 3 is 2.08 bits per heavy atom. The summed E-state index contributed by atoms with van der Waals surface area (Å²) in [5.41, 5.74) is 6.14. The molecule has 0 heterocycles. The number of anilines is 1. The predicted octanol–water partition coefficient (Wildman–Crippen LogP) is 1.67. The summed E-state index contributed by atoms with van der Waals surface area (Å²) < 4.78 is 0. The van der Waals surface area contributed by atoms with Gasteiger partial charge >= 0.3 is 11.8 Å². The maximum Gasteiger partial charge on any atom is 0.328 e. The van der Waals surface area contributed by atoms with Gasteiger partial charge in [0.1, 0.15) is 5.75 Å². The van der Waals surface area contributed by atoms with Crippen molar-refractivity contribution in [2.24, 2.45) is 0 Å². The molecule has 25 heavy (non-hydrogen) atoms. The molecule has 1 aliphatic rings. The summed E-state index contributed by atoms with van der Waals surface area (Å²) in [6, 6.07) is 12.8. The molecule has 0 spiro atoms. The van der Waals surface area contributed by atoms with Crippen molar-refractivity contribution in [3.8, 4) is 5.75 Å². The minimum atomic E-state index is -0.988. The maximum atomic E-state index is 11.8. The summed E-state index contributed by atoms with van der Waals surface area (Å²) in [6.45, 7) is 0. The Bertz CT molecular complexity index is 796. The van der Waals surface area contributed by atoms with Crippen molar-refractivity contribution in [2.45, 2.75) is 18.8 Å². The van der Waals surface area contributed by atoms with Crippen LogP contribution in [0, 0.1) is 0 Å². The van der Waals surface area contributed by atoms with Crippen molar-refractivity contribution >= 4 is 23.4 Å². The molecule has 1 fully saturated rings. The van der Waals surface area contributed by atoms with Gasteiger partial charge in [-0.2, -0.15) is 0 Å². The fraction of sp³-hybridized carbons (Fsp3) is 0.167. The largest absolute Gasteiger partial charge is 0.508 e. The van der Waals surface area contributed by atoms with E-state index in [0.717, 1.165) is 0 Å². The van der Waals surface area contributed by atoms with E-state index >= 15 is 0 Å². The first-order valence-electron chi connectivity index (χ1n) is 7.83. The van der Waals surface area contributed by atoms with Crippen LogP contribution < -0.4 is 16.2 Å². The van der Waals surface area contributed by atoms with E-state index in [0.29, 0.717) is 11.6 Å². The summed E-state index contributed by atoms with van der Waals surface area (Å²) in [6.07, 6.45) is 2.38. The number of phenols is 1. The first-order chi connectivity index (χ1) is 12.0. The van der Waals surface area contributed by atoms with E-state index in [1.54, 1.807) is 12.1 Å². The Labute approximate surface area is 144 Å². The second kappa shape index (κ2) is 7.04. The lowest BCUT2D eigenvalue weighted by molar-refractivity contribution is -0.136. The van der Waals surface area contributed by atoms with Gasteiger partial charge in [-0.3, -0.25) is 25.2 Å². The van der Waals surface area contributed by atoms with Crippen molar-refractivity contribution in [1.82, 2.24) is 10.9 Å². The van der Waals surface area contributed by atoms with Gasteiger partial charge in [-0.05, 0) is 60.7 Å². The first-order valence-corrected chi connectivity index (χ1v) is 7.83. The second-order valence-corrected chi connectivity index (χ2v) is 5.81. The molecule has 7 heteroatoms. The average molecular weight is 339 g/mol. The van der Waals surface area contributed by atoms with Gasteiger partial charge in [-0.15, -0.1) is 0 Å². The van der Waals surface area contributed by atoms with Gasteiger partial charge in [-0.25, -0.2) is 0 Å². The van der Waals surface area contributed by atoms with Crippen LogP contribution >= 0.6 is 0 Å². The van der Waals surface area contributed by atoms with Gasteiger partial charge in [0.15, 0.2) is 0 Å². The third-order valence-corrected chi connectivity index (χ3v) is 3.84. The molecule has 0 saturated heterocycles. The number of carbonyl (C=O) groups is 3. The summed E-state index contributed by atoms with van der Waals surface area (Å²) in [5, 5.41) is 11.6. The zero-order chi connectivity index (χ0) is 17.8. The van der Waals surface area contributed by atoms with Crippen LogP contribution in [0.3, 0.4) is 0 Å². The van der Waals surface area contributed by atoms with Gasteiger partial charge in [0.05, 0.1) is 0 Å². The van der Waals surface area contributed by atoms with Crippen LogP contribution in [0.1, 0.15) is 34.7 Å². The highest BCUT2D eigenvalue weighted by molar-refractivity contribution is 6.39. The van der Waals surface area contributed by atoms with Crippen molar-refractivity contribution in [3.05, 3.63) is 59.7 Å². The summed E-state index contributed by atoms with van der Waals surface area (Å²) >= 11 is 0. The normalized spacial score (nSPS) is 13.0. The fourth-order valence-corrected chi connectivity index (χ4v) is 2.30. The molecule has 1 saturated carbocycles. The maximum absolute atomic E-state index is 11.8. The zero-order valence-electron chi connectivity index (χ0n) is 13.3. The second-order valence-electron chi connectivity index (χ2n) is 5.81. The first kappa shape index (κ1) is 16.5. The number of nitrogens with one attached hydrogen (secondary N) is 3. The number of carbonyl (C=O) groups excluding carboxylic acids is 3. The Hall–Kier alpha value is -3.35. The van der Waals surface area contributed by atoms with Crippen LogP contribution in [0.25, 0.3) is 0 Å². The van der Waals surface area contributed by atoms with Crippen LogP contribution in [0.2, 0.25) is 0 Å². The van der Waals surface area contributed by atoms with Crippen LogP contribution in [0.4, 0.5) is 5.69 Å². The Balaban J connectivity index is 1.49. The molecule has 2 aromatic carbocycles. The lowest BCUT2D eigenvalue weighted by Gasteiger charge is -2.08. The van der Waals surface area contributed by atoms with E-state index in [1.807, 2.05) is 17.6 Å². The van der Waals surface area contributed by atoms with Crippen molar-refractivity contribution in [1.29, 1.82) is 0 Å². The minimum absolute atomic E-state index is 0.0210. The highest BCUT2D eigenvalue weighted by Crippen LogP contribution is 2.40. The molecule has 3 rings (SSSR count). The standard InChI is InChI=1S/C18H17N3O4/c22-15-9-5-13(6-10-15)16(23)20-21-18(25)17(24)19-14-7-3-12(4-8-14)11-1-2-11/h3-11,22H,1-2H2,(H,19,24)(H,20,23)(H,21,25). The monoisotopic (exact) mass is 339 g/mol. The number of amides is 3. The van der Waals surface area contributed by atoms with Gasteiger partial charge in [-0.1, -0.05) is 12.1 Å². The fourth-order valence-electron chi connectivity index (χ4n) is 2.30.